The second-order valence-electron chi connectivity index (χ2n) is 6.93. The van der Waals surface area contributed by atoms with Crippen LogP contribution < -0.4 is 0 Å². The fraction of sp³-hybridized carbons (Fsp3) is 0.762. The van der Waals surface area contributed by atoms with Gasteiger partial charge in [0.2, 0.25) is 0 Å². The van der Waals surface area contributed by atoms with Crippen molar-refractivity contribution >= 4 is 15.9 Å². The van der Waals surface area contributed by atoms with E-state index in [1.807, 2.05) is 6.20 Å². The van der Waals surface area contributed by atoms with Gasteiger partial charge in [0, 0.05) is 16.4 Å². The molecule has 1 rings (SSSR count). The first-order chi connectivity index (χ1) is 11.2. The van der Waals surface area contributed by atoms with Crippen molar-refractivity contribution in [2.75, 3.05) is 0 Å². The molecule has 2 heteroatoms. The number of rotatable bonds is 13. The van der Waals surface area contributed by atoms with Gasteiger partial charge in [-0.3, -0.25) is 4.98 Å². The molecule has 0 unspecified atom stereocenters. The molecular formula is C21H36BrN. The molecule has 0 aliphatic carbocycles. The number of unbranched alkanes of at least 4 members (excludes halogenated alkanes) is 11. The van der Waals surface area contributed by atoms with Crippen LogP contribution in [0.5, 0.6) is 0 Å². The Labute approximate surface area is 152 Å². The molecule has 1 aromatic heterocycles. The summed E-state index contributed by atoms with van der Waals surface area (Å²) in [6, 6.07) is 0. The van der Waals surface area contributed by atoms with E-state index < -0.39 is 0 Å². The largest absolute Gasteiger partial charge is 0.260 e. The van der Waals surface area contributed by atoms with Crippen molar-refractivity contribution in [2.45, 2.75) is 104 Å². The Kier molecular flexibility index (Phi) is 11.7. The second kappa shape index (κ2) is 13.0. The van der Waals surface area contributed by atoms with Gasteiger partial charge in [-0.25, -0.2) is 0 Å². The average Bonchev–Trinajstić information content (AvgIpc) is 2.55. The van der Waals surface area contributed by atoms with Gasteiger partial charge in [0.15, 0.2) is 0 Å². The highest BCUT2D eigenvalue weighted by molar-refractivity contribution is 9.10. The van der Waals surface area contributed by atoms with Crippen LogP contribution >= 0.6 is 15.9 Å². The van der Waals surface area contributed by atoms with Gasteiger partial charge in [0.25, 0.3) is 0 Å². The lowest BCUT2D eigenvalue weighted by molar-refractivity contribution is 0.544. The molecule has 0 N–H and O–H groups in total. The van der Waals surface area contributed by atoms with Crippen molar-refractivity contribution in [3.8, 4) is 0 Å². The molecular weight excluding hydrogens is 346 g/mol. The monoisotopic (exact) mass is 381 g/mol. The van der Waals surface area contributed by atoms with Gasteiger partial charge < -0.3 is 0 Å². The zero-order chi connectivity index (χ0) is 16.9. The third-order valence-corrected chi connectivity index (χ3v) is 5.62. The molecule has 0 aromatic carbocycles. The lowest BCUT2D eigenvalue weighted by Gasteiger charge is -2.10. The summed E-state index contributed by atoms with van der Waals surface area (Å²) in [6.07, 6.45) is 20.1. The molecule has 1 nitrogen and oxygen atoms in total. The number of halogens is 1. The Morgan fingerprint density at radius 1 is 0.783 bits per heavy atom. The molecule has 0 aliphatic heterocycles. The van der Waals surface area contributed by atoms with Crippen LogP contribution in [0.4, 0.5) is 0 Å². The van der Waals surface area contributed by atoms with Crippen molar-refractivity contribution in [2.24, 2.45) is 0 Å². The van der Waals surface area contributed by atoms with E-state index in [0.717, 1.165) is 0 Å². The molecule has 0 aliphatic rings. The molecule has 0 fully saturated rings. The highest BCUT2D eigenvalue weighted by Crippen LogP contribution is 2.23. The maximum absolute atomic E-state index is 4.40. The van der Waals surface area contributed by atoms with Crippen molar-refractivity contribution < 1.29 is 0 Å². The predicted octanol–water partition coefficient (Wildman–Crippen LogP) is 7.70. The van der Waals surface area contributed by atoms with Gasteiger partial charge in [0.1, 0.15) is 0 Å². The number of aryl methyl sites for hydroxylation is 1. The third kappa shape index (κ3) is 8.88. The zero-order valence-electron chi connectivity index (χ0n) is 15.6. The third-order valence-electron chi connectivity index (χ3n) is 4.94. The standard InChI is InChI=1S/C21H36BrN/c1-4-5-6-7-8-9-10-11-12-13-14-15-16-20-18(2)19(3)23-17-21(20)22/h17H,4-16H2,1-3H3. The maximum atomic E-state index is 4.40. The molecule has 0 amide bonds. The van der Waals surface area contributed by atoms with E-state index in [1.54, 1.807) is 0 Å². The van der Waals surface area contributed by atoms with Crippen LogP contribution in [-0.2, 0) is 6.42 Å². The van der Waals surface area contributed by atoms with Crippen LogP contribution in [0.1, 0.15) is 101 Å². The van der Waals surface area contributed by atoms with Gasteiger partial charge in [-0.2, -0.15) is 0 Å². The van der Waals surface area contributed by atoms with Crippen LogP contribution in [0.25, 0.3) is 0 Å². The van der Waals surface area contributed by atoms with Crippen LogP contribution in [0, 0.1) is 13.8 Å². The fourth-order valence-electron chi connectivity index (χ4n) is 3.18. The van der Waals surface area contributed by atoms with Gasteiger partial charge >= 0.3 is 0 Å². The predicted molar refractivity (Wildman–Crippen MR) is 106 cm³/mol. The van der Waals surface area contributed by atoms with Crippen LogP contribution in [0.3, 0.4) is 0 Å². The summed E-state index contributed by atoms with van der Waals surface area (Å²) in [5, 5.41) is 0. The number of hydrogen-bond acceptors (Lipinski definition) is 1. The molecule has 132 valence electrons. The van der Waals surface area contributed by atoms with Gasteiger partial charge in [-0.05, 0) is 53.7 Å². The molecule has 1 heterocycles. The Morgan fingerprint density at radius 2 is 1.26 bits per heavy atom. The van der Waals surface area contributed by atoms with E-state index in [-0.39, 0.29) is 0 Å². The molecule has 0 atom stereocenters. The van der Waals surface area contributed by atoms with E-state index >= 15 is 0 Å². The van der Waals surface area contributed by atoms with E-state index in [4.69, 9.17) is 0 Å². The van der Waals surface area contributed by atoms with Gasteiger partial charge in [-0.1, -0.05) is 77.6 Å². The van der Waals surface area contributed by atoms with Crippen molar-refractivity contribution in [3.05, 3.63) is 27.5 Å². The first-order valence-corrected chi connectivity index (χ1v) is 10.6. The van der Waals surface area contributed by atoms with E-state index in [9.17, 15) is 0 Å². The number of hydrogen-bond donors (Lipinski definition) is 0. The van der Waals surface area contributed by atoms with E-state index in [1.165, 1.54) is 105 Å². The highest BCUT2D eigenvalue weighted by Gasteiger charge is 2.06. The minimum Gasteiger partial charge on any atom is -0.260 e. The summed E-state index contributed by atoms with van der Waals surface area (Å²) in [5.74, 6) is 0. The van der Waals surface area contributed by atoms with E-state index in [0.29, 0.717) is 0 Å². The maximum Gasteiger partial charge on any atom is 0.0416 e. The van der Waals surface area contributed by atoms with Crippen LogP contribution in [0.2, 0.25) is 0 Å². The number of pyridine rings is 1. The molecule has 23 heavy (non-hydrogen) atoms. The minimum absolute atomic E-state index is 1.17. The zero-order valence-corrected chi connectivity index (χ0v) is 17.2. The lowest BCUT2D eigenvalue weighted by Crippen LogP contribution is -1.97. The summed E-state index contributed by atoms with van der Waals surface area (Å²) in [5.41, 5.74) is 3.99. The summed E-state index contributed by atoms with van der Waals surface area (Å²) in [4.78, 5) is 4.40. The summed E-state index contributed by atoms with van der Waals surface area (Å²) >= 11 is 3.65. The van der Waals surface area contributed by atoms with Crippen molar-refractivity contribution in [3.63, 3.8) is 0 Å². The lowest BCUT2D eigenvalue weighted by atomic mass is 10.0. The normalized spacial score (nSPS) is 11.1. The van der Waals surface area contributed by atoms with Crippen molar-refractivity contribution in [1.29, 1.82) is 0 Å². The molecule has 0 radical (unpaired) electrons. The Morgan fingerprint density at radius 3 is 1.78 bits per heavy atom. The summed E-state index contributed by atoms with van der Waals surface area (Å²) in [6.45, 7) is 6.59. The number of nitrogens with zero attached hydrogens (tertiary/aromatic N) is 1. The van der Waals surface area contributed by atoms with Gasteiger partial charge in [-0.15, -0.1) is 0 Å². The topological polar surface area (TPSA) is 12.9 Å². The second-order valence-corrected chi connectivity index (χ2v) is 7.79. The van der Waals surface area contributed by atoms with Crippen LogP contribution in [-0.4, -0.2) is 4.98 Å². The van der Waals surface area contributed by atoms with Crippen LogP contribution in [0.15, 0.2) is 10.7 Å². The Balaban J connectivity index is 1.99. The first-order valence-electron chi connectivity index (χ1n) is 9.77. The molecule has 0 saturated heterocycles. The van der Waals surface area contributed by atoms with Gasteiger partial charge in [0.05, 0.1) is 0 Å². The fourth-order valence-corrected chi connectivity index (χ4v) is 3.77. The molecule has 1 aromatic rings. The first kappa shape index (κ1) is 20.7. The van der Waals surface area contributed by atoms with E-state index in [2.05, 4.69) is 41.7 Å². The minimum atomic E-state index is 1.17. The highest BCUT2D eigenvalue weighted by atomic mass is 79.9. The quantitative estimate of drug-likeness (QED) is 0.318. The summed E-state index contributed by atoms with van der Waals surface area (Å²) < 4.78 is 1.18. The Hall–Kier alpha value is -0.370. The SMILES string of the molecule is CCCCCCCCCCCCCCc1c(Br)cnc(C)c1C. The number of aromatic nitrogens is 1. The molecule has 0 bridgehead atoms. The van der Waals surface area contributed by atoms with Crippen molar-refractivity contribution in [1.82, 2.24) is 4.98 Å². The smallest absolute Gasteiger partial charge is 0.0416 e. The average molecular weight is 382 g/mol. The molecule has 0 spiro atoms. The molecule has 0 saturated carbocycles. The Bertz CT molecular complexity index is 428. The summed E-state index contributed by atoms with van der Waals surface area (Å²) in [7, 11) is 0.